The van der Waals surface area contributed by atoms with Gasteiger partial charge in [0.25, 0.3) is 0 Å². The fourth-order valence-corrected chi connectivity index (χ4v) is 4.62. The molecule has 0 spiro atoms. The summed E-state index contributed by atoms with van der Waals surface area (Å²) in [4.78, 5) is 9.18. The van der Waals surface area contributed by atoms with Gasteiger partial charge in [-0.05, 0) is 58.5 Å². The van der Waals surface area contributed by atoms with E-state index in [1.165, 1.54) is 16.3 Å². The van der Waals surface area contributed by atoms with Crippen LogP contribution in [0.15, 0.2) is 70.0 Å². The van der Waals surface area contributed by atoms with Gasteiger partial charge in [0.1, 0.15) is 17.5 Å². The van der Waals surface area contributed by atoms with Gasteiger partial charge in [-0.3, -0.25) is 0 Å². The van der Waals surface area contributed by atoms with Crippen LogP contribution in [0.2, 0.25) is 0 Å². The van der Waals surface area contributed by atoms with Gasteiger partial charge in [0, 0.05) is 10.9 Å². The van der Waals surface area contributed by atoms with Crippen molar-refractivity contribution < 1.29 is 8.83 Å². The Bertz CT molecular complexity index is 1630. The largest absolute Gasteiger partial charge is 0.464 e. The Morgan fingerprint density at radius 1 is 0.871 bits per heavy atom. The highest BCUT2D eigenvalue weighted by Gasteiger charge is 2.22. The van der Waals surface area contributed by atoms with Crippen molar-refractivity contribution in [3.8, 4) is 11.3 Å². The fourth-order valence-electron chi connectivity index (χ4n) is 4.62. The van der Waals surface area contributed by atoms with Gasteiger partial charge in [-0.1, -0.05) is 45.0 Å². The topological polar surface area (TPSA) is 52.1 Å². The van der Waals surface area contributed by atoms with Crippen molar-refractivity contribution in [2.45, 2.75) is 33.1 Å². The van der Waals surface area contributed by atoms with E-state index in [0.717, 1.165) is 44.1 Å². The third-order valence-electron chi connectivity index (χ3n) is 6.10. The molecule has 4 heteroatoms. The number of rotatable bonds is 1. The first kappa shape index (κ1) is 18.1. The van der Waals surface area contributed by atoms with Gasteiger partial charge in [0.05, 0.1) is 22.7 Å². The van der Waals surface area contributed by atoms with Crippen molar-refractivity contribution in [1.29, 1.82) is 0 Å². The third kappa shape index (κ3) is 2.61. The van der Waals surface area contributed by atoms with Gasteiger partial charge >= 0.3 is 0 Å². The zero-order chi connectivity index (χ0) is 21.3. The Morgan fingerprint density at radius 2 is 1.71 bits per heavy atom. The van der Waals surface area contributed by atoms with Gasteiger partial charge in [-0.15, -0.1) is 0 Å². The van der Waals surface area contributed by atoms with Crippen molar-refractivity contribution in [1.82, 2.24) is 9.97 Å². The lowest BCUT2D eigenvalue weighted by atomic mass is 9.82. The van der Waals surface area contributed by atoms with E-state index in [2.05, 4.69) is 62.2 Å². The van der Waals surface area contributed by atoms with Gasteiger partial charge < -0.3 is 8.83 Å². The minimum atomic E-state index is 0.000290. The quantitative estimate of drug-likeness (QED) is 0.283. The van der Waals surface area contributed by atoms with Crippen molar-refractivity contribution in [2.75, 3.05) is 0 Å². The lowest BCUT2D eigenvalue weighted by Gasteiger charge is -2.22. The smallest absolute Gasteiger partial charge is 0.231 e. The van der Waals surface area contributed by atoms with Crippen LogP contribution in [0, 0.1) is 6.92 Å². The molecule has 3 aromatic heterocycles. The Morgan fingerprint density at radius 3 is 2.55 bits per heavy atom. The van der Waals surface area contributed by atoms with Crippen LogP contribution in [0.1, 0.15) is 31.9 Å². The van der Waals surface area contributed by atoms with Crippen molar-refractivity contribution in [3.63, 3.8) is 0 Å². The lowest BCUT2D eigenvalue weighted by molar-refractivity contribution is 0.596. The maximum absolute atomic E-state index is 6.24. The first-order chi connectivity index (χ1) is 14.9. The van der Waals surface area contributed by atoms with Crippen molar-refractivity contribution in [3.05, 3.63) is 72.2 Å². The molecule has 3 aromatic carbocycles. The highest BCUT2D eigenvalue weighted by molar-refractivity contribution is 6.17. The maximum Gasteiger partial charge on any atom is 0.231 e. The molecule has 0 aliphatic carbocycles. The Balaban J connectivity index is 1.73. The fraction of sp³-hybridized carbons (Fsp3) is 0.185. The molecule has 31 heavy (non-hydrogen) atoms. The molecule has 3 heterocycles. The average Bonchev–Trinajstić information content (AvgIpc) is 3.32. The highest BCUT2D eigenvalue weighted by atomic mass is 16.3. The SMILES string of the molecule is Cc1coc2ccc3c(oc4ncnc(-c5cc(C(C)(C)C)c6ccccc6c5)c43)c12. The number of benzene rings is 3. The van der Waals surface area contributed by atoms with Crippen LogP contribution in [0.25, 0.3) is 55.1 Å². The van der Waals surface area contributed by atoms with Crippen LogP contribution < -0.4 is 0 Å². The van der Waals surface area contributed by atoms with Gasteiger partial charge in [-0.2, -0.15) is 0 Å². The van der Waals surface area contributed by atoms with E-state index in [-0.39, 0.29) is 5.41 Å². The van der Waals surface area contributed by atoms with E-state index in [9.17, 15) is 0 Å². The standard InChI is InChI=1S/C27H22N2O2/c1-15-13-30-21-10-9-19-23-24(28-14-29-26(23)31-25(19)22(15)21)17-11-16-7-5-6-8-18(16)20(12-17)27(2,3)4/h5-14H,1-4H3. The van der Waals surface area contributed by atoms with Gasteiger partial charge in [0.2, 0.25) is 5.71 Å². The van der Waals surface area contributed by atoms with Crippen molar-refractivity contribution >= 4 is 43.8 Å². The summed E-state index contributed by atoms with van der Waals surface area (Å²) in [6, 6.07) is 17.1. The summed E-state index contributed by atoms with van der Waals surface area (Å²) in [6.45, 7) is 8.78. The predicted molar refractivity (Wildman–Crippen MR) is 125 cm³/mol. The first-order valence-corrected chi connectivity index (χ1v) is 10.5. The van der Waals surface area contributed by atoms with Crippen LogP contribution in [0.4, 0.5) is 0 Å². The third-order valence-corrected chi connectivity index (χ3v) is 6.10. The molecule has 0 saturated heterocycles. The number of aromatic nitrogens is 2. The average molecular weight is 406 g/mol. The summed E-state index contributed by atoms with van der Waals surface area (Å²) in [5.74, 6) is 0. The molecule has 0 amide bonds. The number of fused-ring (bicyclic) bond motifs is 6. The lowest BCUT2D eigenvalue weighted by Crippen LogP contribution is -2.12. The molecule has 0 aliphatic heterocycles. The minimum absolute atomic E-state index is 0.000290. The van der Waals surface area contributed by atoms with E-state index in [1.54, 1.807) is 12.6 Å². The predicted octanol–water partition coefficient (Wildman–Crippen LogP) is 7.55. The van der Waals surface area contributed by atoms with Crippen LogP contribution in [-0.4, -0.2) is 9.97 Å². The second-order valence-electron chi connectivity index (χ2n) is 9.23. The van der Waals surface area contributed by atoms with Crippen LogP contribution in [-0.2, 0) is 5.41 Å². The summed E-state index contributed by atoms with van der Waals surface area (Å²) in [5.41, 5.74) is 6.53. The molecule has 0 bridgehead atoms. The summed E-state index contributed by atoms with van der Waals surface area (Å²) < 4.78 is 11.9. The monoisotopic (exact) mass is 406 g/mol. The molecule has 6 aromatic rings. The van der Waals surface area contributed by atoms with E-state index in [1.807, 2.05) is 19.1 Å². The highest BCUT2D eigenvalue weighted by Crippen LogP contribution is 2.41. The second-order valence-corrected chi connectivity index (χ2v) is 9.23. The number of nitrogens with zero attached hydrogens (tertiary/aromatic N) is 2. The van der Waals surface area contributed by atoms with Gasteiger partial charge in [-0.25, -0.2) is 9.97 Å². The van der Waals surface area contributed by atoms with Crippen molar-refractivity contribution in [2.24, 2.45) is 0 Å². The Kier molecular flexibility index (Phi) is 3.61. The number of furan rings is 2. The zero-order valence-electron chi connectivity index (χ0n) is 18.0. The molecule has 152 valence electrons. The number of aryl methyl sites for hydroxylation is 1. The van der Waals surface area contributed by atoms with E-state index < -0.39 is 0 Å². The maximum atomic E-state index is 6.24. The van der Waals surface area contributed by atoms with E-state index >= 15 is 0 Å². The molecule has 0 saturated carbocycles. The van der Waals surface area contributed by atoms with Crippen LogP contribution >= 0.6 is 0 Å². The molecular weight excluding hydrogens is 384 g/mol. The summed E-state index contributed by atoms with van der Waals surface area (Å²) in [7, 11) is 0. The van der Waals surface area contributed by atoms with E-state index in [4.69, 9.17) is 13.8 Å². The number of hydrogen-bond acceptors (Lipinski definition) is 4. The Hall–Kier alpha value is -3.66. The van der Waals surface area contributed by atoms with E-state index in [0.29, 0.717) is 5.71 Å². The minimum Gasteiger partial charge on any atom is -0.464 e. The molecule has 0 unspecified atom stereocenters. The number of hydrogen-bond donors (Lipinski definition) is 0. The normalized spacial score (nSPS) is 12.5. The summed E-state index contributed by atoms with van der Waals surface area (Å²) in [6.07, 6.45) is 3.36. The second kappa shape index (κ2) is 6.17. The zero-order valence-corrected chi connectivity index (χ0v) is 18.0. The van der Waals surface area contributed by atoms with Gasteiger partial charge in [0.15, 0.2) is 0 Å². The van der Waals surface area contributed by atoms with Crippen LogP contribution in [0.5, 0.6) is 0 Å². The molecule has 6 rings (SSSR count). The molecule has 0 fully saturated rings. The van der Waals surface area contributed by atoms with Crippen LogP contribution in [0.3, 0.4) is 0 Å². The molecule has 4 nitrogen and oxygen atoms in total. The molecule has 0 atom stereocenters. The molecule has 0 radical (unpaired) electrons. The molecule has 0 N–H and O–H groups in total. The first-order valence-electron chi connectivity index (χ1n) is 10.5. The molecule has 0 aliphatic rings. The molecular formula is C27H22N2O2. The summed E-state index contributed by atoms with van der Waals surface area (Å²) in [5, 5.41) is 5.42. The summed E-state index contributed by atoms with van der Waals surface area (Å²) >= 11 is 0. The Labute approximate surface area is 179 Å².